The minimum atomic E-state index is -4.75. The summed E-state index contributed by atoms with van der Waals surface area (Å²) in [6, 6.07) is 8.31. The van der Waals surface area contributed by atoms with Crippen molar-refractivity contribution in [2.75, 3.05) is 44.6 Å². The second-order valence-corrected chi connectivity index (χ2v) is 12.5. The monoisotopic (exact) mass is 693 g/mol. The smallest absolute Gasteiger partial charge is 0.380 e. The van der Waals surface area contributed by atoms with Gasteiger partial charge in [0, 0.05) is 63.1 Å². The number of nitrogens with one attached hydrogen (secondary N) is 2. The molecule has 0 aliphatic carbocycles. The van der Waals surface area contributed by atoms with Crippen LogP contribution in [0.4, 0.5) is 18.9 Å². The van der Waals surface area contributed by atoms with Crippen molar-refractivity contribution in [2.24, 2.45) is 7.05 Å². The minimum Gasteiger partial charge on any atom is -0.380 e. The van der Waals surface area contributed by atoms with Crippen molar-refractivity contribution in [3.8, 4) is 11.3 Å². The van der Waals surface area contributed by atoms with Gasteiger partial charge in [0.1, 0.15) is 5.60 Å². The number of piperidine rings is 1. The summed E-state index contributed by atoms with van der Waals surface area (Å²) >= 11 is 0. The molecule has 4 aromatic rings. The van der Waals surface area contributed by atoms with Crippen LogP contribution in [-0.2, 0) is 31.0 Å². The van der Waals surface area contributed by atoms with Crippen LogP contribution in [0.2, 0.25) is 0 Å². The van der Waals surface area contributed by atoms with E-state index in [1.165, 1.54) is 28.7 Å². The van der Waals surface area contributed by atoms with E-state index >= 15 is 0 Å². The highest BCUT2D eigenvalue weighted by Gasteiger charge is 2.41. The van der Waals surface area contributed by atoms with Crippen LogP contribution in [0.1, 0.15) is 57.6 Å². The summed E-state index contributed by atoms with van der Waals surface area (Å²) in [5, 5.41) is 20.5. The topological polar surface area (TPSA) is 151 Å². The van der Waals surface area contributed by atoms with Gasteiger partial charge in [-0.25, -0.2) is 4.98 Å². The van der Waals surface area contributed by atoms with E-state index in [2.05, 4.69) is 25.7 Å². The standard InChI is InChI=1S/C34H38F3N9O4/c1-3-23-17-24(6-7-25(23)31(48)44-13-15-45(16-14-44)32(49)33(50)8-11-38-12-9-33)41-30(47)29-40-19-27(43(29)2)26-21-46(42-28(26)34(35,36)37)20-22-5-4-10-39-18-22/h4-7,10,17-19,21,38,50H,3,8-9,11-16,20H2,1-2H3,(H,41,47). The maximum absolute atomic E-state index is 14.0. The molecule has 2 saturated heterocycles. The molecule has 0 saturated carbocycles. The number of benzene rings is 1. The molecule has 0 radical (unpaired) electrons. The van der Waals surface area contributed by atoms with Crippen molar-refractivity contribution < 1.29 is 32.7 Å². The first-order valence-corrected chi connectivity index (χ1v) is 16.4. The molecule has 264 valence electrons. The van der Waals surface area contributed by atoms with Gasteiger partial charge in [-0.3, -0.25) is 24.0 Å². The average Bonchev–Trinajstić information content (AvgIpc) is 3.71. The fourth-order valence-electron chi connectivity index (χ4n) is 6.44. The van der Waals surface area contributed by atoms with Crippen LogP contribution >= 0.6 is 0 Å². The molecule has 3 amide bonds. The zero-order chi connectivity index (χ0) is 35.6. The van der Waals surface area contributed by atoms with Crippen molar-refractivity contribution in [1.29, 1.82) is 0 Å². The predicted octanol–water partition coefficient (Wildman–Crippen LogP) is 2.96. The minimum absolute atomic E-state index is 0.0572. The van der Waals surface area contributed by atoms with Gasteiger partial charge >= 0.3 is 6.18 Å². The molecule has 2 aliphatic rings. The van der Waals surface area contributed by atoms with Crippen molar-refractivity contribution in [3.05, 3.63) is 83.3 Å². The Balaban J connectivity index is 1.14. The average molecular weight is 694 g/mol. The van der Waals surface area contributed by atoms with E-state index in [4.69, 9.17) is 0 Å². The maximum atomic E-state index is 14.0. The molecule has 0 atom stereocenters. The lowest BCUT2D eigenvalue weighted by atomic mass is 9.90. The quantitative estimate of drug-likeness (QED) is 0.255. The Bertz CT molecular complexity index is 1880. The Morgan fingerprint density at radius 1 is 1.04 bits per heavy atom. The molecule has 13 nitrogen and oxygen atoms in total. The van der Waals surface area contributed by atoms with Crippen molar-refractivity contribution in [3.63, 3.8) is 0 Å². The normalized spacial score (nSPS) is 16.4. The number of hydrogen-bond acceptors (Lipinski definition) is 8. The molecule has 3 N–H and O–H groups in total. The summed E-state index contributed by atoms with van der Waals surface area (Å²) in [4.78, 5) is 51.3. The van der Waals surface area contributed by atoms with Crippen LogP contribution < -0.4 is 10.6 Å². The van der Waals surface area contributed by atoms with Crippen LogP contribution in [0.25, 0.3) is 11.3 Å². The Kier molecular flexibility index (Phi) is 9.75. The van der Waals surface area contributed by atoms with Gasteiger partial charge < -0.3 is 30.1 Å². The van der Waals surface area contributed by atoms with E-state index in [0.717, 1.165) is 0 Å². The molecule has 0 spiro atoms. The van der Waals surface area contributed by atoms with Gasteiger partial charge in [-0.2, -0.15) is 18.3 Å². The van der Waals surface area contributed by atoms with Gasteiger partial charge in [-0.1, -0.05) is 13.0 Å². The van der Waals surface area contributed by atoms with Crippen LogP contribution in [0.5, 0.6) is 0 Å². The number of anilines is 1. The van der Waals surface area contributed by atoms with Gasteiger partial charge in [0.25, 0.3) is 17.7 Å². The lowest BCUT2D eigenvalue weighted by Gasteiger charge is -2.40. The number of rotatable bonds is 8. The Morgan fingerprint density at radius 2 is 1.76 bits per heavy atom. The van der Waals surface area contributed by atoms with Crippen molar-refractivity contribution in [1.82, 2.24) is 39.4 Å². The SMILES string of the molecule is CCc1cc(NC(=O)c2ncc(-c3cn(Cc4cccnc4)nc3C(F)(F)F)n2C)ccc1C(=O)N1CCN(C(=O)C2(O)CCNCC2)CC1. The number of aliphatic hydroxyl groups is 1. The zero-order valence-corrected chi connectivity index (χ0v) is 27.7. The van der Waals surface area contributed by atoms with Crippen molar-refractivity contribution in [2.45, 2.75) is 44.5 Å². The number of hydrogen-bond donors (Lipinski definition) is 3. The molecular weight excluding hydrogens is 655 g/mol. The molecule has 0 unspecified atom stereocenters. The summed E-state index contributed by atoms with van der Waals surface area (Å²) in [5.41, 5.74) is -0.436. The number of piperazine rings is 1. The molecule has 3 aromatic heterocycles. The van der Waals surface area contributed by atoms with Crippen LogP contribution in [0.15, 0.2) is 55.1 Å². The Labute approximate surface area is 286 Å². The van der Waals surface area contributed by atoms with Gasteiger partial charge in [0.15, 0.2) is 11.5 Å². The first-order valence-electron chi connectivity index (χ1n) is 16.4. The van der Waals surface area contributed by atoms with E-state index in [9.17, 15) is 32.7 Å². The Hall–Kier alpha value is -5.09. The third kappa shape index (κ3) is 7.12. The third-order valence-corrected chi connectivity index (χ3v) is 9.22. The number of nitrogens with zero attached hydrogens (tertiary/aromatic N) is 7. The summed E-state index contributed by atoms with van der Waals surface area (Å²) in [7, 11) is 1.45. The number of carbonyl (C=O) groups is 3. The van der Waals surface area contributed by atoms with Crippen LogP contribution in [0, 0.1) is 0 Å². The first kappa shape index (κ1) is 34.8. The molecular formula is C34H38F3N9O4. The highest BCUT2D eigenvalue weighted by molar-refractivity contribution is 6.03. The van der Waals surface area contributed by atoms with Crippen molar-refractivity contribution >= 4 is 23.4 Å². The summed E-state index contributed by atoms with van der Waals surface area (Å²) < 4.78 is 44.6. The van der Waals surface area contributed by atoms with E-state index in [1.54, 1.807) is 52.5 Å². The van der Waals surface area contributed by atoms with E-state index in [-0.39, 0.29) is 35.4 Å². The first-order chi connectivity index (χ1) is 23.9. The number of amides is 3. The lowest BCUT2D eigenvalue weighted by molar-refractivity contribution is -0.155. The molecule has 1 aromatic carbocycles. The number of pyridine rings is 1. The summed E-state index contributed by atoms with van der Waals surface area (Å²) in [5.74, 6) is -1.26. The number of imidazole rings is 1. The van der Waals surface area contributed by atoms with Gasteiger partial charge in [-0.05, 0) is 67.7 Å². The molecule has 5 heterocycles. The molecule has 16 heteroatoms. The largest absolute Gasteiger partial charge is 0.435 e. The molecule has 6 rings (SSSR count). The third-order valence-electron chi connectivity index (χ3n) is 9.22. The summed E-state index contributed by atoms with van der Waals surface area (Å²) in [6.45, 7) is 4.37. The fraction of sp³-hybridized carbons (Fsp3) is 0.412. The number of aromatic nitrogens is 5. The number of aryl methyl sites for hydroxylation is 1. The molecule has 50 heavy (non-hydrogen) atoms. The van der Waals surface area contributed by atoms with E-state index < -0.39 is 23.4 Å². The molecule has 2 fully saturated rings. The van der Waals surface area contributed by atoms with Crippen LogP contribution in [-0.4, -0.2) is 102 Å². The second-order valence-electron chi connectivity index (χ2n) is 12.5. The fourth-order valence-corrected chi connectivity index (χ4v) is 6.44. The molecule has 0 bridgehead atoms. The van der Waals surface area contributed by atoms with Gasteiger partial charge in [0.2, 0.25) is 0 Å². The second kappa shape index (κ2) is 14.0. The van der Waals surface area contributed by atoms with E-state index in [1.807, 2.05) is 6.92 Å². The van der Waals surface area contributed by atoms with Gasteiger partial charge in [-0.15, -0.1) is 0 Å². The maximum Gasteiger partial charge on any atom is 0.435 e. The summed E-state index contributed by atoms with van der Waals surface area (Å²) in [6.07, 6.45) is 2.03. The van der Waals surface area contributed by atoms with Crippen LogP contribution in [0.3, 0.4) is 0 Å². The molecule has 2 aliphatic heterocycles. The highest BCUT2D eigenvalue weighted by atomic mass is 19.4. The predicted molar refractivity (Wildman–Crippen MR) is 176 cm³/mol. The van der Waals surface area contributed by atoms with E-state index in [0.29, 0.717) is 80.9 Å². The number of halogens is 3. The number of carbonyl (C=O) groups excluding carboxylic acids is 3. The lowest BCUT2D eigenvalue weighted by Crippen LogP contribution is -2.59. The highest BCUT2D eigenvalue weighted by Crippen LogP contribution is 2.36. The van der Waals surface area contributed by atoms with Gasteiger partial charge in [0.05, 0.1) is 24.0 Å². The number of alkyl halides is 3. The Morgan fingerprint density at radius 3 is 2.42 bits per heavy atom. The zero-order valence-electron chi connectivity index (χ0n) is 27.7.